The van der Waals surface area contributed by atoms with Crippen LogP contribution in [0.5, 0.6) is 0 Å². The molecule has 0 radical (unpaired) electrons. The van der Waals surface area contributed by atoms with Gasteiger partial charge in [0, 0.05) is 22.9 Å². The summed E-state index contributed by atoms with van der Waals surface area (Å²) >= 11 is 0. The molecule has 0 amide bonds. The van der Waals surface area contributed by atoms with E-state index in [1.165, 1.54) is 0 Å². The third-order valence-electron chi connectivity index (χ3n) is 3.87. The molecule has 0 aliphatic carbocycles. The van der Waals surface area contributed by atoms with Crippen molar-refractivity contribution in [3.63, 3.8) is 0 Å². The standard InChI is InChI=1S/C22H17N3/c1-4-10-17(11-5-1)20-16-21(23-19-14-8-3-9-15-19)25-22(24-20)18-12-6-2-7-13-18/h1-16H,(H,23,24,25). The molecule has 0 fully saturated rings. The van der Waals surface area contributed by atoms with E-state index in [4.69, 9.17) is 9.97 Å². The predicted octanol–water partition coefficient (Wildman–Crippen LogP) is 5.55. The Labute approximate surface area is 147 Å². The largest absolute Gasteiger partial charge is 0.340 e. The van der Waals surface area contributed by atoms with Gasteiger partial charge in [-0.1, -0.05) is 78.9 Å². The van der Waals surface area contributed by atoms with Crippen LogP contribution < -0.4 is 5.32 Å². The lowest BCUT2D eigenvalue weighted by Gasteiger charge is -2.10. The quantitative estimate of drug-likeness (QED) is 0.535. The van der Waals surface area contributed by atoms with Crippen molar-refractivity contribution < 1.29 is 0 Å². The molecule has 1 heterocycles. The average molecular weight is 323 g/mol. The van der Waals surface area contributed by atoms with E-state index < -0.39 is 0 Å². The van der Waals surface area contributed by atoms with Crippen LogP contribution in [0.3, 0.4) is 0 Å². The molecule has 3 heteroatoms. The highest BCUT2D eigenvalue weighted by Gasteiger charge is 2.08. The van der Waals surface area contributed by atoms with Crippen LogP contribution in [0.4, 0.5) is 11.5 Å². The van der Waals surface area contributed by atoms with Crippen molar-refractivity contribution in [3.05, 3.63) is 97.1 Å². The highest BCUT2D eigenvalue weighted by Crippen LogP contribution is 2.25. The number of para-hydroxylation sites is 1. The Bertz CT molecular complexity index is 894. The van der Waals surface area contributed by atoms with Gasteiger partial charge in [0.15, 0.2) is 5.82 Å². The molecular formula is C22H17N3. The molecular weight excluding hydrogens is 306 g/mol. The summed E-state index contributed by atoms with van der Waals surface area (Å²) in [5.74, 6) is 1.49. The maximum atomic E-state index is 4.76. The Morgan fingerprint density at radius 3 is 1.76 bits per heavy atom. The first kappa shape index (κ1) is 15.1. The first-order valence-electron chi connectivity index (χ1n) is 8.20. The number of hydrogen-bond acceptors (Lipinski definition) is 3. The average Bonchev–Trinajstić information content (AvgIpc) is 2.70. The summed E-state index contributed by atoms with van der Waals surface area (Å²) in [6.45, 7) is 0. The minimum Gasteiger partial charge on any atom is -0.340 e. The number of aromatic nitrogens is 2. The van der Waals surface area contributed by atoms with Gasteiger partial charge in [-0.25, -0.2) is 9.97 Å². The zero-order valence-electron chi connectivity index (χ0n) is 13.6. The topological polar surface area (TPSA) is 37.8 Å². The van der Waals surface area contributed by atoms with Crippen LogP contribution in [0, 0.1) is 0 Å². The maximum absolute atomic E-state index is 4.76. The van der Waals surface area contributed by atoms with Crippen molar-refractivity contribution in [1.29, 1.82) is 0 Å². The SMILES string of the molecule is c1ccc(Nc2cc(-c3ccccc3)nc(-c3ccccc3)n2)cc1. The molecule has 4 aromatic rings. The summed E-state index contributed by atoms with van der Waals surface area (Å²) in [4.78, 5) is 9.47. The second kappa shape index (κ2) is 6.97. The third kappa shape index (κ3) is 3.56. The summed E-state index contributed by atoms with van der Waals surface area (Å²) in [6.07, 6.45) is 0. The smallest absolute Gasteiger partial charge is 0.162 e. The highest BCUT2D eigenvalue weighted by molar-refractivity contribution is 5.69. The molecule has 3 nitrogen and oxygen atoms in total. The fraction of sp³-hybridized carbons (Fsp3) is 0. The monoisotopic (exact) mass is 323 g/mol. The van der Waals surface area contributed by atoms with Gasteiger partial charge in [0.05, 0.1) is 5.69 Å². The van der Waals surface area contributed by atoms with Crippen molar-refractivity contribution >= 4 is 11.5 Å². The van der Waals surface area contributed by atoms with Gasteiger partial charge in [-0.05, 0) is 12.1 Å². The Balaban J connectivity index is 1.80. The molecule has 1 aromatic heterocycles. The lowest BCUT2D eigenvalue weighted by atomic mass is 10.1. The molecule has 0 saturated carbocycles. The van der Waals surface area contributed by atoms with E-state index in [2.05, 4.69) is 17.4 Å². The van der Waals surface area contributed by atoms with Crippen molar-refractivity contribution in [2.24, 2.45) is 0 Å². The molecule has 0 unspecified atom stereocenters. The molecule has 0 spiro atoms. The van der Waals surface area contributed by atoms with Gasteiger partial charge in [0.25, 0.3) is 0 Å². The second-order valence-electron chi connectivity index (χ2n) is 5.69. The Morgan fingerprint density at radius 1 is 0.560 bits per heavy atom. The predicted molar refractivity (Wildman–Crippen MR) is 103 cm³/mol. The third-order valence-corrected chi connectivity index (χ3v) is 3.87. The molecule has 0 aliphatic heterocycles. The molecule has 0 aliphatic rings. The molecule has 120 valence electrons. The van der Waals surface area contributed by atoms with Crippen LogP contribution in [-0.2, 0) is 0 Å². The molecule has 4 rings (SSSR count). The number of benzene rings is 3. The zero-order chi connectivity index (χ0) is 16.9. The van der Waals surface area contributed by atoms with E-state index in [0.717, 1.165) is 28.3 Å². The van der Waals surface area contributed by atoms with Crippen molar-refractivity contribution in [1.82, 2.24) is 9.97 Å². The minimum absolute atomic E-state index is 0.709. The van der Waals surface area contributed by atoms with E-state index in [1.807, 2.05) is 84.9 Å². The highest BCUT2D eigenvalue weighted by atomic mass is 15.0. The van der Waals surface area contributed by atoms with Gasteiger partial charge in [-0.15, -0.1) is 0 Å². The van der Waals surface area contributed by atoms with Crippen LogP contribution in [0.2, 0.25) is 0 Å². The van der Waals surface area contributed by atoms with Crippen LogP contribution in [0.25, 0.3) is 22.6 Å². The van der Waals surface area contributed by atoms with Crippen molar-refractivity contribution in [3.8, 4) is 22.6 Å². The van der Waals surface area contributed by atoms with E-state index in [9.17, 15) is 0 Å². The number of anilines is 2. The van der Waals surface area contributed by atoms with Gasteiger partial charge < -0.3 is 5.32 Å². The Hall–Kier alpha value is -3.46. The lowest BCUT2D eigenvalue weighted by molar-refractivity contribution is 1.18. The summed E-state index contributed by atoms with van der Waals surface area (Å²) in [6, 6.07) is 32.2. The zero-order valence-corrected chi connectivity index (χ0v) is 13.6. The molecule has 3 aromatic carbocycles. The van der Waals surface area contributed by atoms with Gasteiger partial charge in [0.1, 0.15) is 5.82 Å². The fourth-order valence-electron chi connectivity index (χ4n) is 2.65. The number of hydrogen-bond donors (Lipinski definition) is 1. The van der Waals surface area contributed by atoms with Gasteiger partial charge in [0.2, 0.25) is 0 Å². The van der Waals surface area contributed by atoms with Crippen LogP contribution in [-0.4, -0.2) is 9.97 Å². The minimum atomic E-state index is 0.709. The first-order valence-corrected chi connectivity index (χ1v) is 8.20. The second-order valence-corrected chi connectivity index (χ2v) is 5.69. The van der Waals surface area contributed by atoms with Gasteiger partial charge >= 0.3 is 0 Å². The summed E-state index contributed by atoms with van der Waals surface area (Å²) in [5.41, 5.74) is 3.96. The van der Waals surface area contributed by atoms with Crippen LogP contribution in [0.15, 0.2) is 97.1 Å². The lowest BCUT2D eigenvalue weighted by Crippen LogP contribution is -1.99. The van der Waals surface area contributed by atoms with Crippen LogP contribution in [0.1, 0.15) is 0 Å². The fourth-order valence-corrected chi connectivity index (χ4v) is 2.65. The van der Waals surface area contributed by atoms with E-state index in [0.29, 0.717) is 5.82 Å². The summed E-state index contributed by atoms with van der Waals surface area (Å²) in [7, 11) is 0. The van der Waals surface area contributed by atoms with Crippen LogP contribution >= 0.6 is 0 Å². The van der Waals surface area contributed by atoms with E-state index >= 15 is 0 Å². The van der Waals surface area contributed by atoms with Gasteiger partial charge in [-0.3, -0.25) is 0 Å². The molecule has 0 atom stereocenters. The van der Waals surface area contributed by atoms with Gasteiger partial charge in [-0.2, -0.15) is 0 Å². The van der Waals surface area contributed by atoms with Crippen molar-refractivity contribution in [2.45, 2.75) is 0 Å². The maximum Gasteiger partial charge on any atom is 0.162 e. The number of rotatable bonds is 4. The van der Waals surface area contributed by atoms with E-state index in [1.54, 1.807) is 0 Å². The molecule has 25 heavy (non-hydrogen) atoms. The number of nitrogens with zero attached hydrogens (tertiary/aromatic N) is 2. The normalized spacial score (nSPS) is 10.4. The Morgan fingerprint density at radius 2 is 1.12 bits per heavy atom. The summed E-state index contributed by atoms with van der Waals surface area (Å²) < 4.78 is 0. The first-order chi connectivity index (χ1) is 12.4. The summed E-state index contributed by atoms with van der Waals surface area (Å²) in [5, 5.41) is 3.37. The van der Waals surface area contributed by atoms with E-state index in [-0.39, 0.29) is 0 Å². The molecule has 0 bridgehead atoms. The Kier molecular flexibility index (Phi) is 4.21. The molecule has 0 saturated heterocycles. The number of nitrogens with one attached hydrogen (secondary N) is 1. The van der Waals surface area contributed by atoms with Crippen molar-refractivity contribution in [2.75, 3.05) is 5.32 Å². The molecule has 1 N–H and O–H groups in total.